The summed E-state index contributed by atoms with van der Waals surface area (Å²) in [6, 6.07) is 8.02. The zero-order chi connectivity index (χ0) is 13.1. The van der Waals surface area contributed by atoms with Gasteiger partial charge in [0, 0.05) is 11.1 Å². The summed E-state index contributed by atoms with van der Waals surface area (Å²) >= 11 is 0. The molecule has 1 aromatic heterocycles. The summed E-state index contributed by atoms with van der Waals surface area (Å²) < 4.78 is 16.6. The van der Waals surface area contributed by atoms with Gasteiger partial charge in [-0.25, -0.2) is 0 Å². The molecule has 3 rings (SSSR count). The molecule has 0 saturated heterocycles. The Hall–Kier alpha value is -1.94. The molecule has 100 valence electrons. The first kappa shape index (κ1) is 12.1. The second-order valence-electron chi connectivity index (χ2n) is 4.42. The molecule has 0 amide bonds. The number of furan rings is 1. The maximum absolute atomic E-state index is 5.78. The lowest BCUT2D eigenvalue weighted by atomic mass is 9.99. The lowest BCUT2D eigenvalue weighted by Crippen LogP contribution is -2.24. The third-order valence-electron chi connectivity index (χ3n) is 3.19. The molecular formula is C15H17NO3. The Morgan fingerprint density at radius 1 is 1.21 bits per heavy atom. The molecule has 1 N–H and O–H groups in total. The molecule has 0 spiro atoms. The first-order chi connectivity index (χ1) is 9.40. The van der Waals surface area contributed by atoms with E-state index < -0.39 is 0 Å². The molecule has 1 atom stereocenters. The normalized spacial score (nSPS) is 15.2. The second-order valence-corrected chi connectivity index (χ2v) is 4.42. The van der Waals surface area contributed by atoms with Gasteiger partial charge in [0.25, 0.3) is 0 Å². The molecule has 4 nitrogen and oxygen atoms in total. The van der Waals surface area contributed by atoms with Crippen molar-refractivity contribution in [1.29, 1.82) is 0 Å². The zero-order valence-electron chi connectivity index (χ0n) is 10.9. The van der Waals surface area contributed by atoms with Crippen LogP contribution >= 0.6 is 0 Å². The Bertz CT molecular complexity index is 536. The van der Waals surface area contributed by atoms with E-state index in [2.05, 4.69) is 18.3 Å². The third kappa shape index (κ3) is 2.31. The van der Waals surface area contributed by atoms with E-state index in [1.54, 1.807) is 12.5 Å². The van der Waals surface area contributed by atoms with Crippen LogP contribution in [0.25, 0.3) is 0 Å². The number of hydrogen-bond donors (Lipinski definition) is 1. The van der Waals surface area contributed by atoms with Gasteiger partial charge < -0.3 is 19.2 Å². The van der Waals surface area contributed by atoms with Gasteiger partial charge in [-0.2, -0.15) is 0 Å². The second kappa shape index (κ2) is 5.36. The number of rotatable bonds is 4. The van der Waals surface area contributed by atoms with Crippen LogP contribution in [0.2, 0.25) is 0 Å². The number of nitrogens with one attached hydrogen (secondary N) is 1. The summed E-state index contributed by atoms with van der Waals surface area (Å²) in [4.78, 5) is 0. The highest BCUT2D eigenvalue weighted by Gasteiger charge is 2.23. The lowest BCUT2D eigenvalue weighted by Gasteiger charge is -2.25. The highest BCUT2D eigenvalue weighted by atomic mass is 16.6. The predicted molar refractivity (Wildman–Crippen MR) is 71.7 cm³/mol. The fourth-order valence-corrected chi connectivity index (χ4v) is 2.37. The minimum absolute atomic E-state index is 0.0559. The topological polar surface area (TPSA) is 43.6 Å². The average Bonchev–Trinajstić information content (AvgIpc) is 2.98. The van der Waals surface area contributed by atoms with Crippen LogP contribution in [0.3, 0.4) is 0 Å². The number of ether oxygens (including phenoxy) is 2. The minimum Gasteiger partial charge on any atom is -0.486 e. The van der Waals surface area contributed by atoms with Gasteiger partial charge in [-0.1, -0.05) is 19.1 Å². The fraction of sp³-hybridized carbons (Fsp3) is 0.333. The molecule has 19 heavy (non-hydrogen) atoms. The van der Waals surface area contributed by atoms with Crippen LogP contribution in [-0.4, -0.2) is 19.8 Å². The molecule has 0 saturated carbocycles. The summed E-state index contributed by atoms with van der Waals surface area (Å²) in [6.45, 7) is 4.14. The number of benzene rings is 1. The minimum atomic E-state index is 0.0559. The Labute approximate surface area is 112 Å². The lowest BCUT2D eigenvalue weighted by molar-refractivity contribution is 0.169. The molecule has 4 heteroatoms. The molecule has 0 radical (unpaired) electrons. The number of fused-ring (bicyclic) bond motifs is 1. The van der Waals surface area contributed by atoms with Gasteiger partial charge in [0.05, 0.1) is 18.6 Å². The smallest absolute Gasteiger partial charge is 0.166 e. The van der Waals surface area contributed by atoms with Crippen molar-refractivity contribution < 1.29 is 13.9 Å². The SMILES string of the molecule is CCNC(c1ccoc1)c1cccc2c1OCCO2. The van der Waals surface area contributed by atoms with Gasteiger partial charge in [-0.05, 0) is 18.7 Å². The number of para-hydroxylation sites is 1. The first-order valence-corrected chi connectivity index (χ1v) is 6.54. The van der Waals surface area contributed by atoms with Crippen molar-refractivity contribution in [2.45, 2.75) is 13.0 Å². The Balaban J connectivity index is 2.03. The van der Waals surface area contributed by atoms with Gasteiger partial charge >= 0.3 is 0 Å². The van der Waals surface area contributed by atoms with Crippen LogP contribution in [0, 0.1) is 0 Å². The van der Waals surface area contributed by atoms with Crippen molar-refractivity contribution in [2.75, 3.05) is 19.8 Å². The average molecular weight is 259 g/mol. The molecule has 1 unspecified atom stereocenters. The van der Waals surface area contributed by atoms with Gasteiger partial charge in [-0.3, -0.25) is 0 Å². The van der Waals surface area contributed by atoms with Crippen molar-refractivity contribution in [3.05, 3.63) is 47.9 Å². The fourth-order valence-electron chi connectivity index (χ4n) is 2.37. The van der Waals surface area contributed by atoms with E-state index in [1.807, 2.05) is 18.2 Å². The highest BCUT2D eigenvalue weighted by molar-refractivity contribution is 5.51. The maximum Gasteiger partial charge on any atom is 0.166 e. The van der Waals surface area contributed by atoms with Crippen LogP contribution in [-0.2, 0) is 0 Å². The van der Waals surface area contributed by atoms with E-state index in [0.717, 1.165) is 29.2 Å². The molecule has 2 heterocycles. The summed E-state index contributed by atoms with van der Waals surface area (Å²) in [7, 11) is 0. The third-order valence-corrected chi connectivity index (χ3v) is 3.19. The zero-order valence-corrected chi connectivity index (χ0v) is 10.9. The van der Waals surface area contributed by atoms with E-state index in [4.69, 9.17) is 13.9 Å². The van der Waals surface area contributed by atoms with E-state index in [9.17, 15) is 0 Å². The van der Waals surface area contributed by atoms with Crippen LogP contribution in [0.15, 0.2) is 41.2 Å². The Morgan fingerprint density at radius 3 is 2.89 bits per heavy atom. The summed E-state index contributed by atoms with van der Waals surface area (Å²) in [5.41, 5.74) is 2.17. The van der Waals surface area contributed by atoms with E-state index in [1.165, 1.54) is 0 Å². The molecule has 1 aliphatic rings. The Kier molecular flexibility index (Phi) is 3.42. The quantitative estimate of drug-likeness (QED) is 0.917. The monoisotopic (exact) mass is 259 g/mol. The summed E-state index contributed by atoms with van der Waals surface area (Å²) in [6.07, 6.45) is 3.45. The van der Waals surface area contributed by atoms with Crippen LogP contribution in [0.5, 0.6) is 11.5 Å². The van der Waals surface area contributed by atoms with Crippen LogP contribution in [0.4, 0.5) is 0 Å². The van der Waals surface area contributed by atoms with E-state index in [-0.39, 0.29) is 6.04 Å². The van der Waals surface area contributed by atoms with Crippen molar-refractivity contribution in [2.24, 2.45) is 0 Å². The first-order valence-electron chi connectivity index (χ1n) is 6.54. The standard InChI is InChI=1S/C15H17NO3/c1-2-16-14(11-6-7-17-10-11)12-4-3-5-13-15(12)19-9-8-18-13/h3-7,10,14,16H,2,8-9H2,1H3. The molecule has 0 fully saturated rings. The Morgan fingerprint density at radius 2 is 2.11 bits per heavy atom. The van der Waals surface area contributed by atoms with Gasteiger partial charge in [-0.15, -0.1) is 0 Å². The molecule has 0 aliphatic carbocycles. The molecule has 1 aromatic carbocycles. The van der Waals surface area contributed by atoms with Crippen LogP contribution < -0.4 is 14.8 Å². The molecule has 2 aromatic rings. The van der Waals surface area contributed by atoms with E-state index in [0.29, 0.717) is 13.2 Å². The summed E-state index contributed by atoms with van der Waals surface area (Å²) in [5.74, 6) is 1.65. The molecule has 0 bridgehead atoms. The van der Waals surface area contributed by atoms with Gasteiger partial charge in [0.15, 0.2) is 11.5 Å². The van der Waals surface area contributed by atoms with E-state index >= 15 is 0 Å². The van der Waals surface area contributed by atoms with Crippen molar-refractivity contribution in [3.8, 4) is 11.5 Å². The largest absolute Gasteiger partial charge is 0.486 e. The van der Waals surface area contributed by atoms with Crippen molar-refractivity contribution in [3.63, 3.8) is 0 Å². The molecular weight excluding hydrogens is 242 g/mol. The predicted octanol–water partition coefficient (Wildman–Crippen LogP) is 2.75. The summed E-state index contributed by atoms with van der Waals surface area (Å²) in [5, 5.41) is 3.46. The molecule has 1 aliphatic heterocycles. The maximum atomic E-state index is 5.78. The van der Waals surface area contributed by atoms with Crippen molar-refractivity contribution in [1.82, 2.24) is 5.32 Å². The van der Waals surface area contributed by atoms with Gasteiger partial charge in [0.1, 0.15) is 13.2 Å². The van der Waals surface area contributed by atoms with Crippen molar-refractivity contribution >= 4 is 0 Å². The van der Waals surface area contributed by atoms with Crippen LogP contribution in [0.1, 0.15) is 24.1 Å². The highest BCUT2D eigenvalue weighted by Crippen LogP contribution is 2.39. The number of hydrogen-bond acceptors (Lipinski definition) is 4. The van der Waals surface area contributed by atoms with Gasteiger partial charge in [0.2, 0.25) is 0 Å².